The van der Waals surface area contributed by atoms with Gasteiger partial charge >= 0.3 is 0 Å². The molecule has 1 unspecified atom stereocenters. The van der Waals surface area contributed by atoms with E-state index in [1.807, 2.05) is 35.9 Å². The van der Waals surface area contributed by atoms with Gasteiger partial charge in [-0.15, -0.1) is 10.2 Å². The van der Waals surface area contributed by atoms with Crippen LogP contribution < -0.4 is 10.6 Å². The summed E-state index contributed by atoms with van der Waals surface area (Å²) in [6, 6.07) is 7.78. The second-order valence-corrected chi connectivity index (χ2v) is 6.37. The van der Waals surface area contributed by atoms with Crippen LogP contribution >= 0.6 is 11.8 Å². The molecule has 3 rings (SSSR count). The van der Waals surface area contributed by atoms with Crippen LogP contribution in [0.3, 0.4) is 0 Å². The maximum absolute atomic E-state index is 12.0. The minimum Gasteiger partial charge on any atom is -0.378 e. The van der Waals surface area contributed by atoms with E-state index >= 15 is 0 Å². The lowest BCUT2D eigenvalue weighted by Crippen LogP contribution is -2.43. The number of hydrogen-bond acceptors (Lipinski definition) is 6. The average Bonchev–Trinajstić information content (AvgIpc) is 2.95. The number of aromatic nitrogens is 3. The highest BCUT2D eigenvalue weighted by molar-refractivity contribution is 7.99. The first-order chi connectivity index (χ1) is 11.2. The highest BCUT2D eigenvalue weighted by atomic mass is 32.2. The van der Waals surface area contributed by atoms with Crippen molar-refractivity contribution in [3.8, 4) is 0 Å². The van der Waals surface area contributed by atoms with Crippen LogP contribution in [0.5, 0.6) is 0 Å². The Morgan fingerprint density at radius 1 is 1.48 bits per heavy atom. The van der Waals surface area contributed by atoms with Crippen molar-refractivity contribution in [3.63, 3.8) is 0 Å². The lowest BCUT2D eigenvalue weighted by molar-refractivity contribution is -0.117. The summed E-state index contributed by atoms with van der Waals surface area (Å²) in [6.45, 7) is 2.09. The van der Waals surface area contributed by atoms with Crippen molar-refractivity contribution in [2.24, 2.45) is 7.05 Å². The lowest BCUT2D eigenvalue weighted by atomic mass is 10.2. The Morgan fingerprint density at radius 3 is 2.96 bits per heavy atom. The molecule has 0 bridgehead atoms. The van der Waals surface area contributed by atoms with Gasteiger partial charge in [0.2, 0.25) is 5.91 Å². The number of anilines is 1. The van der Waals surface area contributed by atoms with Crippen molar-refractivity contribution < 1.29 is 9.53 Å². The van der Waals surface area contributed by atoms with Crippen LogP contribution in [0.25, 0.3) is 0 Å². The molecule has 1 saturated heterocycles. The summed E-state index contributed by atoms with van der Waals surface area (Å²) in [4.78, 5) is 13.1. The predicted octanol–water partition coefficient (Wildman–Crippen LogP) is 1.28. The van der Waals surface area contributed by atoms with Gasteiger partial charge in [0.1, 0.15) is 6.33 Å². The molecule has 122 valence electrons. The van der Waals surface area contributed by atoms with Crippen molar-refractivity contribution >= 4 is 23.4 Å². The average molecular weight is 333 g/mol. The van der Waals surface area contributed by atoms with Crippen molar-refractivity contribution in [2.45, 2.75) is 22.5 Å². The Balaban J connectivity index is 1.52. The summed E-state index contributed by atoms with van der Waals surface area (Å²) < 4.78 is 7.21. The van der Waals surface area contributed by atoms with Crippen molar-refractivity contribution in [1.29, 1.82) is 0 Å². The molecule has 1 atom stereocenters. The van der Waals surface area contributed by atoms with Gasteiger partial charge in [0.15, 0.2) is 5.16 Å². The number of carbonyl (C=O) groups is 1. The van der Waals surface area contributed by atoms with Crippen molar-refractivity contribution in [2.75, 3.05) is 25.1 Å². The molecule has 1 aromatic carbocycles. The van der Waals surface area contributed by atoms with Gasteiger partial charge in [0, 0.05) is 36.6 Å². The third kappa shape index (κ3) is 4.54. The summed E-state index contributed by atoms with van der Waals surface area (Å²) >= 11 is 1.53. The number of rotatable bonds is 5. The third-order valence-electron chi connectivity index (χ3n) is 3.45. The normalized spacial score (nSPS) is 17.9. The minimum absolute atomic E-state index is 0.0123. The second kappa shape index (κ2) is 7.58. The number of ether oxygens (including phenoxy) is 1. The zero-order valence-corrected chi connectivity index (χ0v) is 13.7. The highest BCUT2D eigenvalue weighted by Gasteiger charge is 2.16. The number of benzene rings is 1. The van der Waals surface area contributed by atoms with E-state index in [9.17, 15) is 4.79 Å². The Bertz CT molecular complexity index is 652. The van der Waals surface area contributed by atoms with Crippen LogP contribution in [-0.2, 0) is 16.6 Å². The van der Waals surface area contributed by atoms with Crippen molar-refractivity contribution in [3.05, 3.63) is 30.6 Å². The lowest BCUT2D eigenvalue weighted by Gasteiger charge is -2.23. The summed E-state index contributed by atoms with van der Waals surface area (Å²) in [6.07, 6.45) is 2.08. The molecule has 1 aromatic heterocycles. The molecule has 7 nitrogen and oxygen atoms in total. The van der Waals surface area contributed by atoms with Crippen LogP contribution in [0.4, 0.5) is 5.69 Å². The van der Waals surface area contributed by atoms with Gasteiger partial charge in [0.05, 0.1) is 13.2 Å². The monoisotopic (exact) mass is 333 g/mol. The number of nitrogens with zero attached hydrogens (tertiary/aromatic N) is 3. The third-order valence-corrected chi connectivity index (χ3v) is 4.51. The fraction of sp³-hybridized carbons (Fsp3) is 0.400. The highest BCUT2D eigenvalue weighted by Crippen LogP contribution is 2.26. The SMILES string of the molecule is Cn1cnnc1Sc1ccc(NC(=O)CC2COCCN2)cc1. The summed E-state index contributed by atoms with van der Waals surface area (Å²) in [5.41, 5.74) is 0.786. The molecular weight excluding hydrogens is 314 g/mol. The standard InChI is InChI=1S/C15H19N5O2S/c1-20-10-17-19-15(20)23-13-4-2-11(3-5-13)18-14(21)8-12-9-22-7-6-16-12/h2-5,10,12,16H,6-9H2,1H3,(H,18,21). The molecule has 0 radical (unpaired) electrons. The number of morpholine rings is 1. The smallest absolute Gasteiger partial charge is 0.226 e. The van der Waals surface area contributed by atoms with Gasteiger partial charge in [-0.05, 0) is 36.0 Å². The number of nitrogens with one attached hydrogen (secondary N) is 2. The predicted molar refractivity (Wildman–Crippen MR) is 87.4 cm³/mol. The fourth-order valence-corrected chi connectivity index (χ4v) is 3.03. The maximum atomic E-state index is 12.0. The molecule has 0 spiro atoms. The Kier molecular flexibility index (Phi) is 5.27. The summed E-state index contributed by atoms with van der Waals surface area (Å²) in [5.74, 6) is -0.0123. The summed E-state index contributed by atoms with van der Waals surface area (Å²) in [7, 11) is 1.90. The number of amides is 1. The number of carbonyl (C=O) groups excluding carboxylic acids is 1. The van der Waals surface area contributed by atoms with Gasteiger partial charge in [-0.3, -0.25) is 4.79 Å². The zero-order chi connectivity index (χ0) is 16.1. The van der Waals surface area contributed by atoms with E-state index in [1.54, 1.807) is 6.33 Å². The fourth-order valence-electron chi connectivity index (χ4n) is 2.26. The molecule has 2 aromatic rings. The second-order valence-electron chi connectivity index (χ2n) is 5.33. The number of hydrogen-bond donors (Lipinski definition) is 2. The molecule has 1 aliphatic heterocycles. The van der Waals surface area contributed by atoms with Gasteiger partial charge in [-0.2, -0.15) is 0 Å². The number of aryl methyl sites for hydroxylation is 1. The molecule has 1 amide bonds. The van der Waals surface area contributed by atoms with Gasteiger partial charge < -0.3 is 19.9 Å². The molecule has 23 heavy (non-hydrogen) atoms. The van der Waals surface area contributed by atoms with E-state index in [0.29, 0.717) is 19.6 Å². The molecule has 0 saturated carbocycles. The zero-order valence-electron chi connectivity index (χ0n) is 12.9. The molecule has 8 heteroatoms. The van der Waals surface area contributed by atoms with Gasteiger partial charge in [-0.1, -0.05) is 0 Å². The van der Waals surface area contributed by atoms with Gasteiger partial charge in [0.25, 0.3) is 0 Å². The van der Waals surface area contributed by atoms with Crippen LogP contribution in [0.2, 0.25) is 0 Å². The van der Waals surface area contributed by atoms with E-state index in [4.69, 9.17) is 4.74 Å². The van der Waals surface area contributed by atoms with Crippen LogP contribution in [0, 0.1) is 0 Å². The molecule has 1 fully saturated rings. The molecular formula is C15H19N5O2S. The van der Waals surface area contributed by atoms with Crippen LogP contribution in [0.1, 0.15) is 6.42 Å². The maximum Gasteiger partial charge on any atom is 0.226 e. The van der Waals surface area contributed by atoms with Crippen LogP contribution in [-0.4, -0.2) is 46.5 Å². The largest absolute Gasteiger partial charge is 0.378 e. The molecule has 2 N–H and O–H groups in total. The first-order valence-electron chi connectivity index (χ1n) is 7.43. The first kappa shape index (κ1) is 16.0. The molecule has 1 aliphatic rings. The minimum atomic E-state index is -0.0123. The Labute approximate surface area is 138 Å². The topological polar surface area (TPSA) is 81.1 Å². The van der Waals surface area contributed by atoms with E-state index in [2.05, 4.69) is 20.8 Å². The molecule has 2 heterocycles. The molecule has 0 aliphatic carbocycles. The Hall–Kier alpha value is -1.90. The summed E-state index contributed by atoms with van der Waals surface area (Å²) in [5, 5.41) is 14.9. The van der Waals surface area contributed by atoms with Gasteiger partial charge in [-0.25, -0.2) is 0 Å². The quantitative estimate of drug-likeness (QED) is 0.858. The van der Waals surface area contributed by atoms with E-state index in [1.165, 1.54) is 11.8 Å². The van der Waals surface area contributed by atoms with E-state index in [0.717, 1.165) is 22.3 Å². The van der Waals surface area contributed by atoms with E-state index in [-0.39, 0.29) is 11.9 Å². The Morgan fingerprint density at radius 2 is 2.30 bits per heavy atom. The van der Waals surface area contributed by atoms with Crippen LogP contribution in [0.15, 0.2) is 40.6 Å². The van der Waals surface area contributed by atoms with Crippen molar-refractivity contribution in [1.82, 2.24) is 20.1 Å². The van der Waals surface area contributed by atoms with E-state index < -0.39 is 0 Å². The first-order valence-corrected chi connectivity index (χ1v) is 8.25.